The number of nitrogens with one attached hydrogen (secondary N) is 2. The van der Waals surface area contributed by atoms with E-state index >= 15 is 0 Å². The lowest BCUT2D eigenvalue weighted by Crippen LogP contribution is -2.51. The largest absolute Gasteiger partial charge is 0.381 e. The Hall–Kier alpha value is -1.55. The second kappa shape index (κ2) is 7.35. The number of carbonyl (C=O) groups is 1. The maximum Gasteiger partial charge on any atom is 0.261 e. The lowest BCUT2D eigenvalue weighted by Gasteiger charge is -2.29. The molecule has 0 unspecified atom stereocenters. The molecule has 0 bridgehead atoms. The Morgan fingerprint density at radius 1 is 1.39 bits per heavy atom. The summed E-state index contributed by atoms with van der Waals surface area (Å²) in [5.41, 5.74) is 1.67. The fraction of sp³-hybridized carbons (Fsp3) is 0.500. The minimum absolute atomic E-state index is 0.140. The second-order valence-electron chi connectivity index (χ2n) is 5.44. The van der Waals surface area contributed by atoms with Crippen molar-refractivity contribution in [3.05, 3.63) is 29.6 Å². The van der Waals surface area contributed by atoms with Crippen LogP contribution < -0.4 is 10.2 Å². The van der Waals surface area contributed by atoms with Crippen LogP contribution in [0.5, 0.6) is 0 Å². The van der Waals surface area contributed by atoms with Crippen LogP contribution in [0.4, 0.5) is 4.39 Å². The molecular weight excluding hydrogens is 327 g/mol. The smallest absolute Gasteiger partial charge is 0.261 e. The van der Waals surface area contributed by atoms with Crippen molar-refractivity contribution in [3.8, 4) is 0 Å². The van der Waals surface area contributed by atoms with Crippen LogP contribution in [0.15, 0.2) is 23.1 Å². The molecule has 1 aliphatic heterocycles. The summed E-state index contributed by atoms with van der Waals surface area (Å²) in [4.78, 5) is 11.7. The number of halogens is 1. The molecule has 0 aromatic heterocycles. The van der Waals surface area contributed by atoms with Crippen molar-refractivity contribution in [3.63, 3.8) is 0 Å². The summed E-state index contributed by atoms with van der Waals surface area (Å²) < 4.78 is 45.7. The van der Waals surface area contributed by atoms with Crippen molar-refractivity contribution in [2.75, 3.05) is 13.2 Å². The number of sulfonamides is 1. The molecule has 1 amide bonds. The number of hydrogen-bond donors (Lipinski definition) is 3. The minimum Gasteiger partial charge on any atom is -0.381 e. The molecule has 1 fully saturated rings. The summed E-state index contributed by atoms with van der Waals surface area (Å²) in [5.74, 6) is -1.65. The third-order valence-corrected chi connectivity index (χ3v) is 5.29. The monoisotopic (exact) mass is 346 g/mol. The SMILES string of the molecule is Cc1cc(S(=O)(=O)N[C@@H](C(=O)NO)C2CCOCC2)ccc1F. The highest BCUT2D eigenvalue weighted by atomic mass is 32.2. The van der Waals surface area contributed by atoms with Crippen LogP contribution >= 0.6 is 0 Å². The van der Waals surface area contributed by atoms with Gasteiger partial charge in [-0.2, -0.15) is 4.72 Å². The van der Waals surface area contributed by atoms with Crippen LogP contribution in [0.2, 0.25) is 0 Å². The predicted molar refractivity (Wildman–Crippen MR) is 78.7 cm³/mol. The van der Waals surface area contributed by atoms with Crippen molar-refractivity contribution < 1.29 is 27.5 Å². The molecule has 0 radical (unpaired) electrons. The van der Waals surface area contributed by atoms with Gasteiger partial charge in [0.15, 0.2) is 0 Å². The predicted octanol–water partition coefficient (Wildman–Crippen LogP) is 0.713. The molecule has 7 nitrogen and oxygen atoms in total. The quantitative estimate of drug-likeness (QED) is 0.538. The number of carbonyl (C=O) groups excluding carboxylic acids is 1. The molecule has 1 atom stereocenters. The number of benzene rings is 1. The maximum absolute atomic E-state index is 13.3. The Kier molecular flexibility index (Phi) is 5.69. The van der Waals surface area contributed by atoms with Gasteiger partial charge in [0.2, 0.25) is 10.0 Å². The number of ether oxygens (including phenoxy) is 1. The van der Waals surface area contributed by atoms with Gasteiger partial charge in [0.05, 0.1) is 4.90 Å². The van der Waals surface area contributed by atoms with E-state index in [0.29, 0.717) is 26.1 Å². The molecule has 0 spiro atoms. The van der Waals surface area contributed by atoms with Gasteiger partial charge in [-0.3, -0.25) is 10.0 Å². The molecule has 1 aromatic carbocycles. The lowest BCUT2D eigenvalue weighted by molar-refractivity contribution is -0.133. The molecule has 128 valence electrons. The van der Waals surface area contributed by atoms with Crippen LogP contribution in [0.1, 0.15) is 18.4 Å². The summed E-state index contributed by atoms with van der Waals surface area (Å²) in [6.07, 6.45) is 0.978. The van der Waals surface area contributed by atoms with Crippen molar-refractivity contribution in [2.45, 2.75) is 30.7 Å². The first kappa shape index (κ1) is 17.8. The molecule has 1 aromatic rings. The molecule has 1 saturated heterocycles. The van der Waals surface area contributed by atoms with Gasteiger partial charge in [-0.1, -0.05) is 0 Å². The summed E-state index contributed by atoms with van der Waals surface area (Å²) in [7, 11) is -4.03. The number of rotatable bonds is 5. The lowest BCUT2D eigenvalue weighted by atomic mass is 9.92. The van der Waals surface area contributed by atoms with Crippen LogP contribution in [0, 0.1) is 18.7 Å². The summed E-state index contributed by atoms with van der Waals surface area (Å²) in [6.45, 7) is 2.28. The Morgan fingerprint density at radius 3 is 2.61 bits per heavy atom. The molecule has 23 heavy (non-hydrogen) atoms. The second-order valence-corrected chi connectivity index (χ2v) is 7.15. The molecule has 1 heterocycles. The van der Waals surface area contributed by atoms with E-state index in [-0.39, 0.29) is 16.4 Å². The summed E-state index contributed by atoms with van der Waals surface area (Å²) in [5, 5.41) is 8.87. The summed E-state index contributed by atoms with van der Waals surface area (Å²) >= 11 is 0. The zero-order chi connectivity index (χ0) is 17.0. The van der Waals surface area contributed by atoms with Crippen molar-refractivity contribution in [1.82, 2.24) is 10.2 Å². The molecule has 0 saturated carbocycles. The highest BCUT2D eigenvalue weighted by Crippen LogP contribution is 2.22. The van der Waals surface area contributed by atoms with Crippen molar-refractivity contribution >= 4 is 15.9 Å². The fourth-order valence-corrected chi connectivity index (χ4v) is 3.85. The Morgan fingerprint density at radius 2 is 2.04 bits per heavy atom. The normalized spacial score (nSPS) is 17.7. The number of hydrogen-bond acceptors (Lipinski definition) is 5. The Labute approximate surface area is 133 Å². The van der Waals surface area contributed by atoms with Gasteiger partial charge >= 0.3 is 0 Å². The zero-order valence-corrected chi connectivity index (χ0v) is 13.4. The van der Waals surface area contributed by atoms with E-state index in [4.69, 9.17) is 9.94 Å². The molecule has 9 heteroatoms. The average Bonchev–Trinajstić information content (AvgIpc) is 2.55. The number of aryl methyl sites for hydroxylation is 1. The van der Waals surface area contributed by atoms with E-state index in [2.05, 4.69) is 4.72 Å². The maximum atomic E-state index is 13.3. The molecule has 1 aliphatic rings. The highest BCUT2D eigenvalue weighted by Gasteiger charge is 2.33. The van der Waals surface area contributed by atoms with E-state index < -0.39 is 27.8 Å². The van der Waals surface area contributed by atoms with Crippen LogP contribution in [-0.2, 0) is 19.6 Å². The van der Waals surface area contributed by atoms with Gasteiger partial charge in [-0.25, -0.2) is 18.3 Å². The topological polar surface area (TPSA) is 105 Å². The first-order valence-electron chi connectivity index (χ1n) is 7.15. The van der Waals surface area contributed by atoms with Gasteiger partial charge in [-0.05, 0) is 49.4 Å². The van der Waals surface area contributed by atoms with E-state index in [9.17, 15) is 17.6 Å². The van der Waals surface area contributed by atoms with Crippen molar-refractivity contribution in [1.29, 1.82) is 0 Å². The molecule has 3 N–H and O–H groups in total. The standard InChI is InChI=1S/C14H19FN2O5S/c1-9-8-11(2-3-12(9)15)23(20,21)17-13(14(18)16-19)10-4-6-22-7-5-10/h2-3,8,10,13,17,19H,4-7H2,1H3,(H,16,18)/t13-/m1/s1. The molecule has 2 rings (SSSR count). The van der Waals surface area contributed by atoms with E-state index in [1.807, 2.05) is 0 Å². The van der Waals surface area contributed by atoms with E-state index in [1.165, 1.54) is 18.5 Å². The molecule has 0 aliphatic carbocycles. The van der Waals surface area contributed by atoms with Gasteiger partial charge in [0.25, 0.3) is 5.91 Å². The Balaban J connectivity index is 2.26. The molecular formula is C14H19FN2O5S. The Bertz CT molecular complexity index is 674. The number of hydroxylamine groups is 1. The first-order valence-corrected chi connectivity index (χ1v) is 8.63. The third kappa shape index (κ3) is 4.25. The van der Waals surface area contributed by atoms with Gasteiger partial charge in [-0.15, -0.1) is 0 Å². The fourth-order valence-electron chi connectivity index (χ4n) is 2.50. The van der Waals surface area contributed by atoms with Crippen LogP contribution in [-0.4, -0.2) is 38.8 Å². The van der Waals surface area contributed by atoms with Gasteiger partial charge in [0.1, 0.15) is 11.9 Å². The minimum atomic E-state index is -4.03. The van der Waals surface area contributed by atoms with Gasteiger partial charge < -0.3 is 4.74 Å². The van der Waals surface area contributed by atoms with E-state index in [0.717, 1.165) is 12.1 Å². The summed E-state index contributed by atoms with van der Waals surface area (Å²) in [6, 6.07) is 2.25. The third-order valence-electron chi connectivity index (χ3n) is 3.85. The van der Waals surface area contributed by atoms with Crippen LogP contribution in [0.25, 0.3) is 0 Å². The van der Waals surface area contributed by atoms with Crippen molar-refractivity contribution in [2.24, 2.45) is 5.92 Å². The first-order chi connectivity index (χ1) is 10.8. The highest BCUT2D eigenvalue weighted by molar-refractivity contribution is 7.89. The van der Waals surface area contributed by atoms with E-state index in [1.54, 1.807) is 0 Å². The average molecular weight is 346 g/mol. The zero-order valence-electron chi connectivity index (χ0n) is 12.6. The van der Waals surface area contributed by atoms with Gasteiger partial charge in [0, 0.05) is 13.2 Å². The number of amides is 1. The van der Waals surface area contributed by atoms with Crippen LogP contribution in [0.3, 0.4) is 0 Å².